The molecule has 1 aromatic heterocycles. The van der Waals surface area contributed by atoms with Crippen LogP contribution < -0.4 is 11.1 Å². The molecule has 4 N–H and O–H groups in total. The van der Waals surface area contributed by atoms with Gasteiger partial charge in [0.2, 0.25) is 0 Å². The minimum atomic E-state index is -0.659. The second kappa shape index (κ2) is 5.65. The van der Waals surface area contributed by atoms with Crippen molar-refractivity contribution in [1.82, 2.24) is 15.5 Å². The van der Waals surface area contributed by atoms with Crippen LogP contribution in [0.5, 0.6) is 0 Å². The number of carbonyl (C=O) groups is 1. The van der Waals surface area contributed by atoms with E-state index < -0.39 is 22.7 Å². The highest BCUT2D eigenvalue weighted by Gasteiger charge is 2.23. The molecule has 0 aliphatic rings. The van der Waals surface area contributed by atoms with Crippen LogP contribution in [0.4, 0.5) is 10.6 Å². The summed E-state index contributed by atoms with van der Waals surface area (Å²) in [6.07, 6.45) is -0.659. The molecular formula is C10H17N5O4. The van der Waals surface area contributed by atoms with Crippen LogP contribution in [-0.2, 0) is 4.74 Å². The third-order valence-corrected chi connectivity index (χ3v) is 2.06. The molecule has 0 aliphatic carbocycles. The van der Waals surface area contributed by atoms with Gasteiger partial charge in [-0.25, -0.2) is 4.79 Å². The number of alkyl carbamates (subject to hydrolysis) is 1. The highest BCUT2D eigenvalue weighted by Crippen LogP contribution is 2.16. The number of nitrogens with one attached hydrogen (secondary N) is 2. The summed E-state index contributed by atoms with van der Waals surface area (Å²) in [6, 6.07) is 0.564. The number of nitrogens with zero attached hydrogens (tertiary/aromatic N) is 2. The summed E-state index contributed by atoms with van der Waals surface area (Å²) in [6.45, 7) is 5.22. The summed E-state index contributed by atoms with van der Waals surface area (Å²) in [5.74, 6) is -0.264. The van der Waals surface area contributed by atoms with Crippen molar-refractivity contribution in [1.29, 1.82) is 0 Å². The number of aromatic amines is 1. The molecule has 0 saturated carbocycles. The van der Waals surface area contributed by atoms with E-state index in [0.717, 1.165) is 0 Å². The van der Waals surface area contributed by atoms with Crippen molar-refractivity contribution in [2.24, 2.45) is 5.73 Å². The molecule has 0 spiro atoms. The number of ether oxygens (including phenoxy) is 1. The molecule has 0 radical (unpaired) electrons. The number of aromatic nitrogens is 2. The number of hydrogen-bond donors (Lipinski definition) is 3. The van der Waals surface area contributed by atoms with E-state index in [9.17, 15) is 14.9 Å². The fourth-order valence-electron chi connectivity index (χ4n) is 1.30. The summed E-state index contributed by atoms with van der Waals surface area (Å²) in [7, 11) is 0. The van der Waals surface area contributed by atoms with Crippen LogP contribution in [0.1, 0.15) is 32.5 Å². The first-order valence-corrected chi connectivity index (χ1v) is 5.62. The lowest BCUT2D eigenvalue weighted by Gasteiger charge is -2.21. The van der Waals surface area contributed by atoms with Gasteiger partial charge in [-0.3, -0.25) is 0 Å². The lowest BCUT2D eigenvalue weighted by molar-refractivity contribution is -0.389. The van der Waals surface area contributed by atoms with Crippen molar-refractivity contribution in [3.8, 4) is 0 Å². The Morgan fingerprint density at radius 2 is 2.32 bits per heavy atom. The van der Waals surface area contributed by atoms with Crippen molar-refractivity contribution in [3.05, 3.63) is 21.9 Å². The van der Waals surface area contributed by atoms with Crippen LogP contribution in [0.2, 0.25) is 0 Å². The second-order valence-corrected chi connectivity index (χ2v) is 4.87. The van der Waals surface area contributed by atoms with E-state index >= 15 is 0 Å². The van der Waals surface area contributed by atoms with Crippen LogP contribution in [0.3, 0.4) is 0 Å². The molecule has 106 valence electrons. The Morgan fingerprint density at radius 3 is 2.74 bits per heavy atom. The fourth-order valence-corrected chi connectivity index (χ4v) is 1.30. The Morgan fingerprint density at radius 1 is 1.68 bits per heavy atom. The van der Waals surface area contributed by atoms with Crippen molar-refractivity contribution >= 4 is 11.9 Å². The largest absolute Gasteiger partial charge is 0.444 e. The monoisotopic (exact) mass is 271 g/mol. The van der Waals surface area contributed by atoms with Crippen molar-refractivity contribution < 1.29 is 14.5 Å². The van der Waals surface area contributed by atoms with Gasteiger partial charge in [0.1, 0.15) is 11.3 Å². The molecule has 1 rings (SSSR count). The minimum Gasteiger partial charge on any atom is -0.444 e. The zero-order chi connectivity index (χ0) is 14.6. The van der Waals surface area contributed by atoms with E-state index in [1.165, 1.54) is 6.07 Å². The molecule has 1 atom stereocenters. The van der Waals surface area contributed by atoms with Crippen molar-refractivity contribution in [2.75, 3.05) is 6.54 Å². The predicted molar refractivity (Wildman–Crippen MR) is 66.4 cm³/mol. The average Bonchev–Trinajstić information content (AvgIpc) is 2.72. The third-order valence-electron chi connectivity index (χ3n) is 2.06. The van der Waals surface area contributed by atoms with E-state index in [2.05, 4.69) is 15.5 Å². The van der Waals surface area contributed by atoms with Crippen molar-refractivity contribution in [3.63, 3.8) is 0 Å². The molecule has 0 aliphatic heterocycles. The maximum atomic E-state index is 11.6. The SMILES string of the molecule is CC(C)(C)OC(=O)NC(CN)c1cc([N+](=O)[O-])[nH]n1. The van der Waals surface area contributed by atoms with Crippen LogP contribution in [0, 0.1) is 10.1 Å². The number of carbonyl (C=O) groups excluding carboxylic acids is 1. The van der Waals surface area contributed by atoms with E-state index in [0.29, 0.717) is 0 Å². The summed E-state index contributed by atoms with van der Waals surface area (Å²) in [5.41, 5.74) is 5.15. The van der Waals surface area contributed by atoms with Gasteiger partial charge in [0, 0.05) is 6.54 Å². The second-order valence-electron chi connectivity index (χ2n) is 4.87. The van der Waals surface area contributed by atoms with Crippen LogP contribution in [0.15, 0.2) is 6.07 Å². The van der Waals surface area contributed by atoms with Gasteiger partial charge in [0.05, 0.1) is 12.1 Å². The Hall–Kier alpha value is -2.16. The summed E-state index contributed by atoms with van der Waals surface area (Å²) < 4.78 is 5.07. The zero-order valence-corrected chi connectivity index (χ0v) is 11.0. The molecule has 0 aromatic carbocycles. The van der Waals surface area contributed by atoms with Crippen LogP contribution in [0.25, 0.3) is 0 Å². The van der Waals surface area contributed by atoms with Gasteiger partial charge in [-0.15, -0.1) is 5.10 Å². The topological polar surface area (TPSA) is 136 Å². The maximum Gasteiger partial charge on any atom is 0.408 e. The van der Waals surface area contributed by atoms with Crippen LogP contribution in [-0.4, -0.2) is 33.4 Å². The normalized spacial score (nSPS) is 12.8. The van der Waals surface area contributed by atoms with Gasteiger partial charge in [0.25, 0.3) is 0 Å². The first-order chi connectivity index (χ1) is 8.73. The van der Waals surface area contributed by atoms with Gasteiger partial charge >= 0.3 is 11.9 Å². The number of amides is 1. The first kappa shape index (κ1) is 14.9. The molecule has 1 aromatic rings. The van der Waals surface area contributed by atoms with Gasteiger partial charge in [0.15, 0.2) is 0 Å². The summed E-state index contributed by atoms with van der Waals surface area (Å²) >= 11 is 0. The molecule has 9 nitrogen and oxygen atoms in total. The zero-order valence-electron chi connectivity index (χ0n) is 11.0. The highest BCUT2D eigenvalue weighted by atomic mass is 16.6. The molecule has 0 bridgehead atoms. The van der Waals surface area contributed by atoms with Gasteiger partial charge < -0.3 is 25.9 Å². The van der Waals surface area contributed by atoms with Crippen molar-refractivity contribution in [2.45, 2.75) is 32.4 Å². The van der Waals surface area contributed by atoms with E-state index in [-0.39, 0.29) is 18.1 Å². The Kier molecular flexibility index (Phi) is 4.43. The minimum absolute atomic E-state index is 0.0429. The molecule has 0 fully saturated rings. The number of nitro groups is 1. The number of H-pyrrole nitrogens is 1. The number of hydrogen-bond acceptors (Lipinski definition) is 6. The summed E-state index contributed by atoms with van der Waals surface area (Å²) in [4.78, 5) is 21.5. The van der Waals surface area contributed by atoms with Gasteiger partial charge in [-0.05, 0) is 25.7 Å². The molecule has 1 heterocycles. The third kappa shape index (κ3) is 4.54. The molecule has 0 saturated heterocycles. The molecule has 1 amide bonds. The number of rotatable bonds is 4. The van der Waals surface area contributed by atoms with E-state index in [1.807, 2.05) is 0 Å². The van der Waals surface area contributed by atoms with Gasteiger partial charge in [-0.1, -0.05) is 5.10 Å². The molecule has 1 unspecified atom stereocenters. The Bertz CT molecular complexity index is 465. The Balaban J connectivity index is 2.72. The quantitative estimate of drug-likeness (QED) is 0.548. The smallest absolute Gasteiger partial charge is 0.408 e. The standard InChI is InChI=1S/C10H17N5O4/c1-10(2,3)19-9(16)12-7(5-11)6-4-8(14-13-6)15(17)18/h4,7H,5,11H2,1-3H3,(H,12,16)(H,13,14). The molecule has 9 heteroatoms. The lowest BCUT2D eigenvalue weighted by atomic mass is 10.2. The van der Waals surface area contributed by atoms with E-state index in [4.69, 9.17) is 10.5 Å². The highest BCUT2D eigenvalue weighted by molar-refractivity contribution is 5.68. The fraction of sp³-hybridized carbons (Fsp3) is 0.600. The first-order valence-electron chi connectivity index (χ1n) is 5.62. The summed E-state index contributed by atoms with van der Waals surface area (Å²) in [5, 5.41) is 19.0. The average molecular weight is 271 g/mol. The van der Waals surface area contributed by atoms with E-state index in [1.54, 1.807) is 20.8 Å². The lowest BCUT2D eigenvalue weighted by Crippen LogP contribution is -2.37. The van der Waals surface area contributed by atoms with Gasteiger partial charge in [-0.2, -0.15) is 0 Å². The molecule has 19 heavy (non-hydrogen) atoms. The molecular weight excluding hydrogens is 254 g/mol. The maximum absolute atomic E-state index is 11.6. The Labute approximate surface area is 109 Å². The number of nitrogens with two attached hydrogens (primary N) is 1. The van der Waals surface area contributed by atoms with Crippen LogP contribution >= 0.6 is 0 Å². The predicted octanol–water partition coefficient (Wildman–Crippen LogP) is 0.842.